The van der Waals surface area contributed by atoms with Gasteiger partial charge in [0.15, 0.2) is 10.0 Å². The number of thioether (sulfide) groups is 2. The van der Waals surface area contributed by atoms with Crippen LogP contribution in [0.1, 0.15) is 48.1 Å². The van der Waals surface area contributed by atoms with Crippen molar-refractivity contribution in [3.63, 3.8) is 0 Å². The SMILES string of the molecule is Cc1nnc(SCC2=C(C(=O)O)N3C(=O)[C@H](NC(=O)[C@H](C)n4nc(C(F)(F)F)c(Br)c4C4CC4)[C@@H]3SC2)s1. The average molecular weight is 654 g/mol. The molecule has 0 unspecified atom stereocenters. The van der Waals surface area contributed by atoms with E-state index in [0.29, 0.717) is 40.0 Å². The van der Waals surface area contributed by atoms with Crippen LogP contribution in [0.2, 0.25) is 0 Å². The summed E-state index contributed by atoms with van der Waals surface area (Å²) in [6.07, 6.45) is -3.32. The molecule has 0 aromatic carbocycles. The van der Waals surface area contributed by atoms with Crippen LogP contribution in [0.15, 0.2) is 20.1 Å². The minimum Gasteiger partial charge on any atom is -0.477 e. The average Bonchev–Trinajstić information content (AvgIpc) is 3.50. The Balaban J connectivity index is 1.31. The van der Waals surface area contributed by atoms with Crippen molar-refractivity contribution < 1.29 is 32.7 Å². The second-order valence-corrected chi connectivity index (χ2v) is 13.3. The molecule has 1 saturated heterocycles. The first-order chi connectivity index (χ1) is 17.9. The normalized spacial score (nSPS) is 22.3. The van der Waals surface area contributed by atoms with E-state index in [2.05, 4.69) is 36.5 Å². The molecule has 17 heteroatoms. The molecule has 0 spiro atoms. The van der Waals surface area contributed by atoms with Crippen LogP contribution in [0, 0.1) is 6.92 Å². The van der Waals surface area contributed by atoms with Gasteiger partial charge in [0.25, 0.3) is 5.91 Å². The summed E-state index contributed by atoms with van der Waals surface area (Å²) in [5.41, 5.74) is -0.360. The predicted molar refractivity (Wildman–Crippen MR) is 137 cm³/mol. The van der Waals surface area contributed by atoms with Crippen molar-refractivity contribution >= 4 is 68.6 Å². The number of carbonyl (C=O) groups excluding carboxylic acids is 2. The van der Waals surface area contributed by atoms with E-state index in [1.807, 2.05) is 6.92 Å². The lowest BCUT2D eigenvalue weighted by Crippen LogP contribution is -2.71. The third kappa shape index (κ3) is 4.97. The summed E-state index contributed by atoms with van der Waals surface area (Å²) in [6.45, 7) is 3.23. The molecular weight excluding hydrogens is 633 g/mol. The molecule has 1 saturated carbocycles. The lowest BCUT2D eigenvalue weighted by molar-refractivity contribution is -0.151. The van der Waals surface area contributed by atoms with E-state index >= 15 is 0 Å². The first-order valence-electron chi connectivity index (χ1n) is 11.4. The highest BCUT2D eigenvalue weighted by Crippen LogP contribution is 2.48. The van der Waals surface area contributed by atoms with Crippen molar-refractivity contribution in [2.24, 2.45) is 0 Å². The Bertz CT molecular complexity index is 1360. The van der Waals surface area contributed by atoms with Crippen molar-refractivity contribution in [3.8, 4) is 0 Å². The number of alkyl halides is 3. The van der Waals surface area contributed by atoms with Crippen LogP contribution in [-0.2, 0) is 20.6 Å². The maximum atomic E-state index is 13.5. The first-order valence-corrected chi connectivity index (χ1v) is 15.0. The van der Waals surface area contributed by atoms with Crippen LogP contribution in [0.25, 0.3) is 0 Å². The first kappa shape index (κ1) is 27.5. The summed E-state index contributed by atoms with van der Waals surface area (Å²) in [6, 6.07) is -2.12. The number of nitrogens with zero attached hydrogens (tertiary/aromatic N) is 5. The van der Waals surface area contributed by atoms with E-state index in [1.54, 1.807) is 0 Å². The molecule has 2 fully saturated rings. The highest BCUT2D eigenvalue weighted by molar-refractivity contribution is 9.10. The second kappa shape index (κ2) is 10.1. The Labute approximate surface area is 234 Å². The van der Waals surface area contributed by atoms with Gasteiger partial charge in [0, 0.05) is 17.4 Å². The van der Waals surface area contributed by atoms with E-state index in [9.17, 15) is 32.7 Å². The number of amides is 2. The second-order valence-electron chi connectivity index (χ2n) is 8.97. The molecule has 5 rings (SSSR count). The lowest BCUT2D eigenvalue weighted by atomic mass is 10.0. The maximum absolute atomic E-state index is 13.5. The van der Waals surface area contributed by atoms with Crippen LogP contribution in [0.4, 0.5) is 13.2 Å². The molecule has 38 heavy (non-hydrogen) atoms. The summed E-state index contributed by atoms with van der Waals surface area (Å²) in [7, 11) is 0. The van der Waals surface area contributed by atoms with Gasteiger partial charge in [0.2, 0.25) is 5.91 Å². The zero-order valence-electron chi connectivity index (χ0n) is 19.8. The Morgan fingerprint density at radius 1 is 1.32 bits per heavy atom. The summed E-state index contributed by atoms with van der Waals surface area (Å²) in [5, 5.41) is 24.2. The van der Waals surface area contributed by atoms with Crippen molar-refractivity contribution in [2.75, 3.05) is 11.5 Å². The number of aromatic nitrogens is 4. The molecular formula is C21H20BrF3N6O4S3. The molecule has 1 aliphatic carbocycles. The topological polar surface area (TPSA) is 130 Å². The zero-order valence-corrected chi connectivity index (χ0v) is 23.8. The van der Waals surface area contributed by atoms with Gasteiger partial charge >= 0.3 is 12.1 Å². The number of hydrogen-bond acceptors (Lipinski definition) is 9. The van der Waals surface area contributed by atoms with Crippen molar-refractivity contribution in [2.45, 2.75) is 60.6 Å². The fourth-order valence-corrected chi connectivity index (χ4v) is 8.40. The number of rotatable bonds is 8. The van der Waals surface area contributed by atoms with Crippen molar-refractivity contribution in [3.05, 3.63) is 32.1 Å². The van der Waals surface area contributed by atoms with E-state index in [-0.39, 0.29) is 16.1 Å². The molecule has 204 valence electrons. The van der Waals surface area contributed by atoms with Gasteiger partial charge < -0.3 is 10.4 Å². The Morgan fingerprint density at radius 3 is 2.61 bits per heavy atom. The predicted octanol–water partition coefficient (Wildman–Crippen LogP) is 3.79. The lowest BCUT2D eigenvalue weighted by Gasteiger charge is -2.49. The molecule has 2 amide bonds. The summed E-state index contributed by atoms with van der Waals surface area (Å²) in [4.78, 5) is 39.3. The highest BCUT2D eigenvalue weighted by atomic mass is 79.9. The van der Waals surface area contributed by atoms with Gasteiger partial charge in [-0.15, -0.1) is 22.0 Å². The summed E-state index contributed by atoms with van der Waals surface area (Å²) >= 11 is 7.05. The molecule has 2 aliphatic heterocycles. The van der Waals surface area contributed by atoms with Crippen LogP contribution >= 0.6 is 50.8 Å². The monoisotopic (exact) mass is 652 g/mol. The standard InChI is InChI=1S/C21H20BrF3N6O4S3/c1-7(31-13(9-3-4-9)11(22)15(29-31)21(23,24)25)16(32)26-12-17(33)30-14(19(34)35)10(5-36-18(12)30)6-37-20-28-27-8(2)38-20/h7,9,12,18H,3-6H2,1-2H3,(H,26,32)(H,34,35)/t7-,12-,18-/m0/s1. The van der Waals surface area contributed by atoms with Gasteiger partial charge in [-0.05, 0) is 48.2 Å². The number of carboxylic acid groups (broad SMARTS) is 1. The molecule has 0 radical (unpaired) electrons. The van der Waals surface area contributed by atoms with E-state index in [4.69, 9.17) is 0 Å². The molecule has 4 heterocycles. The quantitative estimate of drug-likeness (QED) is 0.323. The van der Waals surface area contributed by atoms with Gasteiger partial charge in [0.05, 0.1) is 10.2 Å². The van der Waals surface area contributed by atoms with Crippen molar-refractivity contribution in [1.82, 2.24) is 30.2 Å². The van der Waals surface area contributed by atoms with Crippen LogP contribution in [0.5, 0.6) is 0 Å². The largest absolute Gasteiger partial charge is 0.477 e. The molecule has 2 aromatic heterocycles. The number of carbonyl (C=O) groups is 3. The highest BCUT2D eigenvalue weighted by Gasteiger charge is 2.54. The Hall–Kier alpha value is -2.11. The summed E-state index contributed by atoms with van der Waals surface area (Å²) < 4.78 is 42.0. The third-order valence-corrected chi connectivity index (χ3v) is 10.5. The number of β-lactam (4-membered cyclic amide) rings is 1. The molecule has 3 aliphatic rings. The Morgan fingerprint density at radius 2 is 2.03 bits per heavy atom. The number of aryl methyl sites for hydroxylation is 1. The molecule has 2 N–H and O–H groups in total. The smallest absolute Gasteiger partial charge is 0.436 e. The minimum atomic E-state index is -4.70. The third-order valence-electron chi connectivity index (χ3n) is 6.29. The number of carboxylic acids is 1. The van der Waals surface area contributed by atoms with Gasteiger partial charge in [-0.3, -0.25) is 19.2 Å². The number of halogens is 4. The van der Waals surface area contributed by atoms with Gasteiger partial charge in [-0.1, -0.05) is 23.1 Å². The molecule has 2 aromatic rings. The fraction of sp³-hybridized carbons (Fsp3) is 0.524. The maximum Gasteiger partial charge on any atom is 0.436 e. The summed E-state index contributed by atoms with van der Waals surface area (Å²) in [5.74, 6) is -2.01. The zero-order chi connectivity index (χ0) is 27.5. The number of hydrogen-bond donors (Lipinski definition) is 2. The molecule has 0 bridgehead atoms. The molecule has 10 nitrogen and oxygen atoms in total. The Kier molecular flexibility index (Phi) is 7.32. The van der Waals surface area contributed by atoms with Crippen molar-refractivity contribution in [1.29, 1.82) is 0 Å². The van der Waals surface area contributed by atoms with Gasteiger partial charge in [-0.2, -0.15) is 18.3 Å². The minimum absolute atomic E-state index is 0.118. The van der Waals surface area contributed by atoms with E-state index in [1.165, 1.54) is 41.8 Å². The molecule has 3 atom stereocenters. The number of nitrogens with one attached hydrogen (secondary N) is 1. The van der Waals surface area contributed by atoms with Gasteiger partial charge in [-0.25, -0.2) is 4.79 Å². The van der Waals surface area contributed by atoms with E-state index < -0.39 is 47.1 Å². The number of fused-ring (bicyclic) bond motifs is 1. The van der Waals surface area contributed by atoms with Crippen LogP contribution in [-0.4, -0.2) is 70.7 Å². The van der Waals surface area contributed by atoms with E-state index in [0.717, 1.165) is 14.6 Å². The van der Waals surface area contributed by atoms with Crippen LogP contribution < -0.4 is 5.32 Å². The number of aliphatic carboxylic acids is 1. The van der Waals surface area contributed by atoms with Gasteiger partial charge in [0.1, 0.15) is 28.2 Å². The fourth-order valence-electron chi connectivity index (χ4n) is 4.29. The van der Waals surface area contributed by atoms with Crippen LogP contribution in [0.3, 0.4) is 0 Å².